The van der Waals surface area contributed by atoms with E-state index < -0.39 is 11.6 Å². The highest BCUT2D eigenvalue weighted by atomic mass is 19.1. The minimum Gasteiger partial charge on any atom is -0.495 e. The Labute approximate surface area is 110 Å². The van der Waals surface area contributed by atoms with Crippen molar-refractivity contribution in [3.63, 3.8) is 0 Å². The van der Waals surface area contributed by atoms with Crippen LogP contribution in [0.2, 0.25) is 0 Å². The van der Waals surface area contributed by atoms with Gasteiger partial charge in [0, 0.05) is 5.69 Å². The molecule has 0 unspecified atom stereocenters. The van der Waals surface area contributed by atoms with Crippen LogP contribution in [0, 0.1) is 18.6 Å². The number of hydrogen-bond donors (Lipinski definition) is 2. The molecule has 2 rings (SSSR count). The summed E-state index contributed by atoms with van der Waals surface area (Å²) in [5.41, 5.74) is 6.59. The molecule has 0 radical (unpaired) electrons. The highest BCUT2D eigenvalue weighted by Crippen LogP contribution is 2.31. The van der Waals surface area contributed by atoms with Crippen LogP contribution in [0.3, 0.4) is 0 Å². The fraction of sp³-hybridized carbons (Fsp3) is 0.143. The second-order valence-corrected chi connectivity index (χ2v) is 4.19. The van der Waals surface area contributed by atoms with Crippen molar-refractivity contribution in [1.82, 2.24) is 0 Å². The maximum Gasteiger partial charge on any atom is 0.151 e. The molecule has 0 aliphatic heterocycles. The lowest BCUT2D eigenvalue weighted by atomic mass is 10.2. The number of nitrogens with two attached hydrogens (primary N) is 1. The van der Waals surface area contributed by atoms with E-state index in [2.05, 4.69) is 5.32 Å². The molecule has 19 heavy (non-hydrogen) atoms. The van der Waals surface area contributed by atoms with Crippen molar-refractivity contribution in [2.24, 2.45) is 0 Å². The molecule has 0 atom stereocenters. The summed E-state index contributed by atoms with van der Waals surface area (Å²) in [5, 5.41) is 2.70. The van der Waals surface area contributed by atoms with E-state index in [-0.39, 0.29) is 11.4 Å². The van der Waals surface area contributed by atoms with E-state index >= 15 is 0 Å². The Bertz CT molecular complexity index is 591. The quantitative estimate of drug-likeness (QED) is 0.832. The third-order valence-electron chi connectivity index (χ3n) is 2.68. The summed E-state index contributed by atoms with van der Waals surface area (Å²) < 4.78 is 32.6. The molecular weight excluding hydrogens is 250 g/mol. The molecule has 0 saturated carbocycles. The van der Waals surface area contributed by atoms with Crippen molar-refractivity contribution in [3.8, 4) is 5.75 Å². The average Bonchev–Trinajstić information content (AvgIpc) is 2.34. The molecule has 0 aromatic heterocycles. The number of nitrogens with one attached hydrogen (secondary N) is 1. The average molecular weight is 264 g/mol. The minimum absolute atomic E-state index is 0.0387. The van der Waals surface area contributed by atoms with Gasteiger partial charge in [-0.25, -0.2) is 8.78 Å². The summed E-state index contributed by atoms with van der Waals surface area (Å²) in [5.74, 6) is -0.997. The molecule has 0 aliphatic carbocycles. The van der Waals surface area contributed by atoms with Gasteiger partial charge in [0.15, 0.2) is 11.6 Å². The lowest BCUT2D eigenvalue weighted by molar-refractivity contribution is 0.416. The van der Waals surface area contributed by atoms with Crippen molar-refractivity contribution in [3.05, 3.63) is 47.5 Å². The Morgan fingerprint density at radius 3 is 2.32 bits per heavy atom. The van der Waals surface area contributed by atoms with Crippen molar-refractivity contribution in [1.29, 1.82) is 0 Å². The third kappa shape index (κ3) is 2.76. The van der Waals surface area contributed by atoms with Crippen LogP contribution in [-0.4, -0.2) is 7.11 Å². The first-order valence-corrected chi connectivity index (χ1v) is 5.67. The van der Waals surface area contributed by atoms with Gasteiger partial charge in [0.1, 0.15) is 11.4 Å². The molecule has 0 bridgehead atoms. The third-order valence-corrected chi connectivity index (χ3v) is 2.68. The molecule has 0 heterocycles. The standard InChI is InChI=1S/C14H14F2N2O/c1-8-3-4-13(19-2)12(5-8)18-14-10(15)6-9(17)7-11(14)16/h3-7,18H,17H2,1-2H3. The number of nitrogen functional groups attached to an aromatic ring is 1. The molecule has 0 saturated heterocycles. The number of ether oxygens (including phenoxy) is 1. The first kappa shape index (κ1) is 13.1. The summed E-state index contributed by atoms with van der Waals surface area (Å²) in [6.45, 7) is 1.88. The maximum atomic E-state index is 13.7. The Balaban J connectivity index is 2.44. The van der Waals surface area contributed by atoms with E-state index in [0.717, 1.165) is 17.7 Å². The monoisotopic (exact) mass is 264 g/mol. The molecule has 0 fully saturated rings. The smallest absolute Gasteiger partial charge is 0.151 e. The van der Waals surface area contributed by atoms with Crippen molar-refractivity contribution < 1.29 is 13.5 Å². The zero-order chi connectivity index (χ0) is 14.0. The highest BCUT2D eigenvalue weighted by Gasteiger charge is 2.12. The van der Waals surface area contributed by atoms with E-state index in [0.29, 0.717) is 11.4 Å². The molecular formula is C14H14F2N2O. The van der Waals surface area contributed by atoms with Crippen molar-refractivity contribution in [2.45, 2.75) is 6.92 Å². The SMILES string of the molecule is COc1ccc(C)cc1Nc1c(F)cc(N)cc1F. The first-order valence-electron chi connectivity index (χ1n) is 5.67. The van der Waals surface area contributed by atoms with Gasteiger partial charge in [-0.15, -0.1) is 0 Å². The van der Waals surface area contributed by atoms with Crippen molar-refractivity contribution >= 4 is 17.1 Å². The Morgan fingerprint density at radius 1 is 1.11 bits per heavy atom. The number of aryl methyl sites for hydroxylation is 1. The van der Waals surface area contributed by atoms with Gasteiger partial charge in [-0.05, 0) is 36.8 Å². The Kier molecular flexibility index (Phi) is 3.55. The molecule has 100 valence electrons. The van der Waals surface area contributed by atoms with E-state index in [1.165, 1.54) is 7.11 Å². The highest BCUT2D eigenvalue weighted by molar-refractivity contribution is 5.69. The topological polar surface area (TPSA) is 47.3 Å². The number of hydrogen-bond acceptors (Lipinski definition) is 3. The summed E-state index contributed by atoms with van der Waals surface area (Å²) in [7, 11) is 1.49. The Morgan fingerprint density at radius 2 is 1.74 bits per heavy atom. The van der Waals surface area contributed by atoms with Gasteiger partial charge in [0.25, 0.3) is 0 Å². The second-order valence-electron chi connectivity index (χ2n) is 4.19. The van der Waals surface area contributed by atoms with E-state index in [9.17, 15) is 8.78 Å². The van der Waals surface area contributed by atoms with Crippen molar-refractivity contribution in [2.75, 3.05) is 18.2 Å². The molecule has 3 nitrogen and oxygen atoms in total. The van der Waals surface area contributed by atoms with Gasteiger partial charge in [-0.3, -0.25) is 0 Å². The molecule has 0 aliphatic rings. The maximum absolute atomic E-state index is 13.7. The van der Waals surface area contributed by atoms with Crippen LogP contribution >= 0.6 is 0 Å². The van der Waals surface area contributed by atoms with Crippen LogP contribution in [0.1, 0.15) is 5.56 Å². The molecule has 5 heteroatoms. The molecule has 2 aromatic carbocycles. The molecule has 2 aromatic rings. The van der Waals surface area contributed by atoms with E-state index in [1.807, 2.05) is 13.0 Å². The van der Waals surface area contributed by atoms with Crippen LogP contribution < -0.4 is 15.8 Å². The number of benzene rings is 2. The number of rotatable bonds is 3. The summed E-state index contributed by atoms with van der Waals surface area (Å²) in [6.07, 6.45) is 0. The fourth-order valence-electron chi connectivity index (χ4n) is 1.77. The van der Waals surface area contributed by atoms with Crippen LogP contribution in [0.15, 0.2) is 30.3 Å². The fourth-order valence-corrected chi connectivity index (χ4v) is 1.77. The molecule has 0 amide bonds. The van der Waals surface area contributed by atoms with Crippen LogP contribution in [0.25, 0.3) is 0 Å². The zero-order valence-corrected chi connectivity index (χ0v) is 10.6. The summed E-state index contributed by atoms with van der Waals surface area (Å²) >= 11 is 0. The minimum atomic E-state index is -0.749. The van der Waals surface area contributed by atoms with Gasteiger partial charge in [-0.1, -0.05) is 6.07 Å². The van der Waals surface area contributed by atoms with Gasteiger partial charge < -0.3 is 15.8 Å². The van der Waals surface area contributed by atoms with Gasteiger partial charge in [0.2, 0.25) is 0 Å². The Hall–Kier alpha value is -2.30. The summed E-state index contributed by atoms with van der Waals surface area (Å²) in [6, 6.07) is 7.44. The van der Waals surface area contributed by atoms with Crippen LogP contribution in [0.4, 0.5) is 25.8 Å². The first-order chi connectivity index (χ1) is 9.01. The number of halogens is 2. The number of anilines is 3. The lowest BCUT2D eigenvalue weighted by Gasteiger charge is -2.13. The lowest BCUT2D eigenvalue weighted by Crippen LogP contribution is -2.01. The van der Waals surface area contributed by atoms with E-state index in [1.54, 1.807) is 12.1 Å². The normalized spacial score (nSPS) is 10.3. The van der Waals surface area contributed by atoms with Gasteiger partial charge in [-0.2, -0.15) is 0 Å². The van der Waals surface area contributed by atoms with Crippen LogP contribution in [0.5, 0.6) is 5.75 Å². The predicted molar refractivity (Wildman–Crippen MR) is 71.8 cm³/mol. The molecule has 3 N–H and O–H groups in total. The summed E-state index contributed by atoms with van der Waals surface area (Å²) in [4.78, 5) is 0. The largest absolute Gasteiger partial charge is 0.495 e. The van der Waals surface area contributed by atoms with Crippen LogP contribution in [-0.2, 0) is 0 Å². The van der Waals surface area contributed by atoms with Gasteiger partial charge >= 0.3 is 0 Å². The number of methoxy groups -OCH3 is 1. The van der Waals surface area contributed by atoms with E-state index in [4.69, 9.17) is 10.5 Å². The zero-order valence-electron chi connectivity index (χ0n) is 10.6. The predicted octanol–water partition coefficient (Wildman–Crippen LogP) is 3.61. The molecule has 0 spiro atoms. The second kappa shape index (κ2) is 5.14. The van der Waals surface area contributed by atoms with Gasteiger partial charge in [0.05, 0.1) is 12.8 Å².